The summed E-state index contributed by atoms with van der Waals surface area (Å²) in [4.78, 5) is 26.5. The summed E-state index contributed by atoms with van der Waals surface area (Å²) in [6.45, 7) is 3.78. The van der Waals surface area contributed by atoms with Crippen LogP contribution in [-0.2, 0) is 6.18 Å². The Bertz CT molecular complexity index is 979. The van der Waals surface area contributed by atoms with Crippen LogP contribution in [0.4, 0.5) is 24.5 Å². The molecule has 2 aromatic rings. The van der Waals surface area contributed by atoms with Crippen LogP contribution < -0.4 is 10.2 Å². The highest BCUT2D eigenvalue weighted by atomic mass is 35.5. The van der Waals surface area contributed by atoms with E-state index in [1.165, 1.54) is 24.3 Å². The van der Waals surface area contributed by atoms with Gasteiger partial charge in [0.2, 0.25) is 0 Å². The molecule has 0 radical (unpaired) electrons. The molecule has 1 N–H and O–H groups in total. The fourth-order valence-electron chi connectivity index (χ4n) is 3.51. The van der Waals surface area contributed by atoms with Gasteiger partial charge in [0.15, 0.2) is 0 Å². The predicted molar refractivity (Wildman–Crippen MR) is 115 cm³/mol. The molecule has 1 heterocycles. The van der Waals surface area contributed by atoms with Crippen molar-refractivity contribution in [2.45, 2.75) is 12.6 Å². The average molecular weight is 471 g/mol. The second-order valence-corrected chi connectivity index (χ2v) is 7.81. The molecule has 32 heavy (non-hydrogen) atoms. The van der Waals surface area contributed by atoms with Gasteiger partial charge in [0.25, 0.3) is 11.6 Å². The van der Waals surface area contributed by atoms with E-state index in [1.807, 2.05) is 4.90 Å². The van der Waals surface area contributed by atoms with Gasteiger partial charge in [-0.25, -0.2) is 0 Å². The summed E-state index contributed by atoms with van der Waals surface area (Å²) in [7, 11) is 0. The van der Waals surface area contributed by atoms with Crippen molar-refractivity contribution in [3.8, 4) is 0 Å². The second kappa shape index (κ2) is 10.2. The maximum Gasteiger partial charge on any atom is 0.416 e. The molecule has 3 rings (SSSR count). The summed E-state index contributed by atoms with van der Waals surface area (Å²) in [6.07, 6.45) is -3.68. The largest absolute Gasteiger partial charge is 0.416 e. The number of rotatable bonds is 7. The van der Waals surface area contributed by atoms with E-state index >= 15 is 0 Å². The molecule has 0 spiro atoms. The molecule has 11 heteroatoms. The summed E-state index contributed by atoms with van der Waals surface area (Å²) in [6, 6.07) is 9.04. The van der Waals surface area contributed by atoms with Crippen molar-refractivity contribution >= 4 is 28.9 Å². The number of nitrogens with zero attached hydrogens (tertiary/aromatic N) is 3. The number of nitrogens with one attached hydrogen (secondary N) is 1. The van der Waals surface area contributed by atoms with Gasteiger partial charge in [-0.2, -0.15) is 13.2 Å². The molecule has 1 aliphatic rings. The Labute approximate surface area is 187 Å². The number of piperazine rings is 1. The number of carbonyl (C=O) groups excluding carboxylic acids is 1. The SMILES string of the molecule is O=C(NCCCN1CCN(c2cccc(C(F)(F)F)c2)CC1)c1ccc([N+](=O)[O-])cc1Cl. The molecule has 0 aromatic heterocycles. The summed E-state index contributed by atoms with van der Waals surface area (Å²) < 4.78 is 38.7. The predicted octanol–water partition coefficient (Wildman–Crippen LogP) is 4.21. The van der Waals surface area contributed by atoms with E-state index in [1.54, 1.807) is 6.07 Å². The number of benzene rings is 2. The normalized spacial score (nSPS) is 14.9. The van der Waals surface area contributed by atoms with Crippen LogP contribution in [0.15, 0.2) is 42.5 Å². The molecule has 1 saturated heterocycles. The lowest BCUT2D eigenvalue weighted by molar-refractivity contribution is -0.384. The minimum absolute atomic E-state index is 0.0161. The summed E-state index contributed by atoms with van der Waals surface area (Å²) >= 11 is 5.96. The Kier molecular flexibility index (Phi) is 7.57. The number of alkyl halides is 3. The van der Waals surface area contributed by atoms with Crippen LogP contribution in [0.5, 0.6) is 0 Å². The van der Waals surface area contributed by atoms with Crippen LogP contribution in [0.25, 0.3) is 0 Å². The van der Waals surface area contributed by atoms with E-state index in [9.17, 15) is 28.1 Å². The van der Waals surface area contributed by atoms with E-state index in [-0.39, 0.29) is 16.3 Å². The van der Waals surface area contributed by atoms with Gasteiger partial charge in [0.05, 0.1) is 21.1 Å². The lowest BCUT2D eigenvalue weighted by atomic mass is 10.1. The maximum absolute atomic E-state index is 12.9. The number of anilines is 1. The third kappa shape index (κ3) is 6.10. The third-order valence-corrected chi connectivity index (χ3v) is 5.57. The van der Waals surface area contributed by atoms with Crippen LogP contribution in [-0.4, -0.2) is 55.0 Å². The van der Waals surface area contributed by atoms with Crippen molar-refractivity contribution < 1.29 is 22.9 Å². The molecular formula is C21H22ClF3N4O3. The average Bonchev–Trinajstić information content (AvgIpc) is 2.76. The number of halogens is 4. The van der Waals surface area contributed by atoms with Crippen molar-refractivity contribution in [2.75, 3.05) is 44.2 Å². The smallest absolute Gasteiger partial charge is 0.369 e. The molecule has 1 aliphatic heterocycles. The van der Waals surface area contributed by atoms with Gasteiger partial charge in [0.1, 0.15) is 0 Å². The highest BCUT2D eigenvalue weighted by Crippen LogP contribution is 2.31. The molecular weight excluding hydrogens is 449 g/mol. The number of hydrogen-bond donors (Lipinski definition) is 1. The number of hydrogen-bond acceptors (Lipinski definition) is 5. The van der Waals surface area contributed by atoms with Gasteiger partial charge in [-0.05, 0) is 37.2 Å². The third-order valence-electron chi connectivity index (χ3n) is 5.26. The van der Waals surface area contributed by atoms with E-state index in [2.05, 4.69) is 10.2 Å². The standard InChI is InChI=1S/C21H22ClF3N4O3/c22-19-14-17(29(31)32)5-6-18(19)20(30)26-7-2-8-27-9-11-28(12-10-27)16-4-1-3-15(13-16)21(23,24)25/h1,3-6,13-14H,2,7-12H2,(H,26,30). The molecule has 7 nitrogen and oxygen atoms in total. The minimum atomic E-state index is -4.36. The first-order valence-corrected chi connectivity index (χ1v) is 10.4. The van der Waals surface area contributed by atoms with Crippen LogP contribution in [0.2, 0.25) is 5.02 Å². The van der Waals surface area contributed by atoms with Crippen LogP contribution in [0.1, 0.15) is 22.3 Å². The van der Waals surface area contributed by atoms with Gasteiger partial charge >= 0.3 is 6.18 Å². The first-order valence-electron chi connectivity index (χ1n) is 10.0. The van der Waals surface area contributed by atoms with Gasteiger partial charge < -0.3 is 10.2 Å². The summed E-state index contributed by atoms with van der Waals surface area (Å²) in [5.74, 6) is -0.403. The maximum atomic E-state index is 12.9. The molecule has 0 saturated carbocycles. The second-order valence-electron chi connectivity index (χ2n) is 7.41. The van der Waals surface area contributed by atoms with Gasteiger partial charge in [-0.15, -0.1) is 0 Å². The Balaban J connectivity index is 1.41. The topological polar surface area (TPSA) is 78.7 Å². The van der Waals surface area contributed by atoms with E-state index in [0.717, 1.165) is 18.7 Å². The molecule has 172 valence electrons. The molecule has 0 bridgehead atoms. The van der Waals surface area contributed by atoms with Gasteiger partial charge in [0, 0.05) is 50.5 Å². The first-order chi connectivity index (χ1) is 15.1. The highest BCUT2D eigenvalue weighted by Gasteiger charge is 2.31. The zero-order chi connectivity index (χ0) is 23.3. The lowest BCUT2D eigenvalue weighted by Gasteiger charge is -2.36. The quantitative estimate of drug-likeness (QED) is 0.372. The van der Waals surface area contributed by atoms with Crippen molar-refractivity contribution in [2.24, 2.45) is 0 Å². The van der Waals surface area contributed by atoms with Gasteiger partial charge in [-0.1, -0.05) is 17.7 Å². The summed E-state index contributed by atoms with van der Waals surface area (Å²) in [5.41, 5.74) is -0.101. The molecule has 0 aliphatic carbocycles. The van der Waals surface area contributed by atoms with Crippen LogP contribution >= 0.6 is 11.6 Å². The number of non-ortho nitro benzene ring substituents is 1. The Morgan fingerprint density at radius 1 is 1.12 bits per heavy atom. The minimum Gasteiger partial charge on any atom is -0.369 e. The molecule has 0 unspecified atom stereocenters. The number of nitro groups is 1. The van der Waals surface area contributed by atoms with E-state index in [4.69, 9.17) is 11.6 Å². The van der Waals surface area contributed by atoms with Crippen molar-refractivity contribution in [3.63, 3.8) is 0 Å². The first kappa shape index (κ1) is 23.8. The number of nitro benzene ring substituents is 1. The molecule has 1 amide bonds. The van der Waals surface area contributed by atoms with E-state index in [0.29, 0.717) is 44.8 Å². The van der Waals surface area contributed by atoms with Crippen molar-refractivity contribution in [1.29, 1.82) is 0 Å². The fourth-order valence-corrected chi connectivity index (χ4v) is 3.77. The van der Waals surface area contributed by atoms with Gasteiger partial charge in [-0.3, -0.25) is 19.8 Å². The highest BCUT2D eigenvalue weighted by molar-refractivity contribution is 6.34. The molecule has 0 atom stereocenters. The van der Waals surface area contributed by atoms with Crippen LogP contribution in [0.3, 0.4) is 0 Å². The fraction of sp³-hybridized carbons (Fsp3) is 0.381. The monoisotopic (exact) mass is 470 g/mol. The number of carbonyl (C=O) groups is 1. The molecule has 1 fully saturated rings. The van der Waals surface area contributed by atoms with Crippen molar-refractivity contribution in [3.05, 3.63) is 68.7 Å². The lowest BCUT2D eigenvalue weighted by Crippen LogP contribution is -2.47. The van der Waals surface area contributed by atoms with E-state index < -0.39 is 22.6 Å². The Morgan fingerprint density at radius 2 is 1.84 bits per heavy atom. The molecule has 2 aromatic carbocycles. The number of amides is 1. The van der Waals surface area contributed by atoms with Crippen molar-refractivity contribution in [1.82, 2.24) is 10.2 Å². The zero-order valence-corrected chi connectivity index (χ0v) is 17.8. The Hall–Kier alpha value is -2.85. The summed E-state index contributed by atoms with van der Waals surface area (Å²) in [5, 5.41) is 13.5. The zero-order valence-electron chi connectivity index (χ0n) is 17.1. The Morgan fingerprint density at radius 3 is 2.47 bits per heavy atom. The van der Waals surface area contributed by atoms with Crippen LogP contribution in [0, 0.1) is 10.1 Å².